The number of pyridine rings is 1. The fraction of sp³-hybridized carbons (Fsp3) is 0.412. The van der Waals surface area contributed by atoms with Crippen LogP contribution in [0.2, 0.25) is 0 Å². The van der Waals surface area contributed by atoms with Crippen molar-refractivity contribution in [1.29, 1.82) is 0 Å². The number of amides is 1. The van der Waals surface area contributed by atoms with Gasteiger partial charge in [-0.3, -0.25) is 4.79 Å². The molecule has 0 radical (unpaired) electrons. The van der Waals surface area contributed by atoms with E-state index < -0.39 is 0 Å². The van der Waals surface area contributed by atoms with Gasteiger partial charge in [-0.15, -0.1) is 0 Å². The van der Waals surface area contributed by atoms with E-state index in [9.17, 15) is 9.90 Å². The van der Waals surface area contributed by atoms with Crippen LogP contribution in [0.25, 0.3) is 10.9 Å². The Morgan fingerprint density at radius 1 is 1.38 bits per heavy atom. The molecule has 3 rings (SSSR count). The van der Waals surface area contributed by atoms with Crippen LogP contribution in [0.4, 0.5) is 0 Å². The van der Waals surface area contributed by atoms with Gasteiger partial charge in [0.25, 0.3) is 5.91 Å². The minimum absolute atomic E-state index is 0.0242. The van der Waals surface area contributed by atoms with E-state index in [0.717, 1.165) is 30.3 Å². The number of aliphatic hydroxyl groups excluding tert-OH is 1. The standard InChI is InChI=1S/C17H20N2O2/c1-12(20)11-14-6-4-10-19(14)17(21)16-9-8-13-5-2-3-7-15(13)18-16/h2-3,5,7-9,12,14,20H,4,6,10-11H2,1H3. The summed E-state index contributed by atoms with van der Waals surface area (Å²) >= 11 is 0. The molecule has 1 aliphatic heterocycles. The summed E-state index contributed by atoms with van der Waals surface area (Å²) in [6.07, 6.45) is 2.22. The Bertz CT molecular complexity index is 654. The zero-order valence-corrected chi connectivity index (χ0v) is 12.2. The Balaban J connectivity index is 1.85. The number of fused-ring (bicyclic) bond motifs is 1. The van der Waals surface area contributed by atoms with Crippen LogP contribution in [0, 0.1) is 0 Å². The highest BCUT2D eigenvalue weighted by atomic mass is 16.3. The van der Waals surface area contributed by atoms with Crippen molar-refractivity contribution in [2.24, 2.45) is 0 Å². The molecule has 0 spiro atoms. The molecule has 1 N–H and O–H groups in total. The molecule has 1 amide bonds. The highest BCUT2D eigenvalue weighted by Gasteiger charge is 2.30. The van der Waals surface area contributed by atoms with Gasteiger partial charge in [0.1, 0.15) is 5.69 Å². The Labute approximate surface area is 124 Å². The van der Waals surface area contributed by atoms with Gasteiger partial charge in [0.15, 0.2) is 0 Å². The molecular formula is C17H20N2O2. The third-order valence-corrected chi connectivity index (χ3v) is 4.07. The summed E-state index contributed by atoms with van der Waals surface area (Å²) in [4.78, 5) is 19.0. The van der Waals surface area contributed by atoms with E-state index in [4.69, 9.17) is 0 Å². The maximum Gasteiger partial charge on any atom is 0.272 e. The lowest BCUT2D eigenvalue weighted by atomic mass is 10.1. The molecule has 0 saturated carbocycles. The topological polar surface area (TPSA) is 53.4 Å². The molecule has 1 saturated heterocycles. The molecule has 1 aromatic heterocycles. The largest absolute Gasteiger partial charge is 0.393 e. The molecular weight excluding hydrogens is 264 g/mol. The first-order chi connectivity index (χ1) is 10.1. The van der Waals surface area contributed by atoms with Crippen LogP contribution in [0.5, 0.6) is 0 Å². The number of benzene rings is 1. The second-order valence-electron chi connectivity index (χ2n) is 5.77. The number of para-hydroxylation sites is 1. The van der Waals surface area contributed by atoms with E-state index in [0.29, 0.717) is 12.1 Å². The van der Waals surface area contributed by atoms with Crippen LogP contribution in [-0.2, 0) is 0 Å². The molecule has 0 aliphatic carbocycles. The average molecular weight is 284 g/mol. The van der Waals surface area contributed by atoms with Crippen LogP contribution in [0.15, 0.2) is 36.4 Å². The average Bonchev–Trinajstić information content (AvgIpc) is 2.93. The highest BCUT2D eigenvalue weighted by molar-refractivity contribution is 5.95. The van der Waals surface area contributed by atoms with E-state index in [-0.39, 0.29) is 18.1 Å². The van der Waals surface area contributed by atoms with Crippen molar-refractivity contribution in [3.63, 3.8) is 0 Å². The minimum atomic E-state index is -0.382. The van der Waals surface area contributed by atoms with Gasteiger partial charge in [0.05, 0.1) is 11.6 Å². The summed E-state index contributed by atoms with van der Waals surface area (Å²) in [6, 6.07) is 11.7. The molecule has 2 unspecified atom stereocenters. The summed E-state index contributed by atoms with van der Waals surface area (Å²) < 4.78 is 0. The van der Waals surface area contributed by atoms with Gasteiger partial charge in [-0.25, -0.2) is 4.98 Å². The fourth-order valence-electron chi connectivity index (χ4n) is 3.07. The van der Waals surface area contributed by atoms with Crippen molar-refractivity contribution in [2.75, 3.05) is 6.54 Å². The van der Waals surface area contributed by atoms with Crippen LogP contribution in [0.3, 0.4) is 0 Å². The first kappa shape index (κ1) is 14.0. The lowest BCUT2D eigenvalue weighted by Gasteiger charge is -2.25. The number of aliphatic hydroxyl groups is 1. The van der Waals surface area contributed by atoms with Crippen LogP contribution in [0.1, 0.15) is 36.7 Å². The predicted octanol–water partition coefficient (Wildman–Crippen LogP) is 2.61. The molecule has 1 fully saturated rings. The molecule has 0 bridgehead atoms. The Morgan fingerprint density at radius 3 is 3.00 bits per heavy atom. The van der Waals surface area contributed by atoms with Crippen LogP contribution in [-0.4, -0.2) is 39.6 Å². The smallest absolute Gasteiger partial charge is 0.272 e. The zero-order chi connectivity index (χ0) is 14.8. The van der Waals surface area contributed by atoms with E-state index in [1.807, 2.05) is 35.2 Å². The second kappa shape index (κ2) is 5.82. The van der Waals surface area contributed by atoms with Crippen molar-refractivity contribution in [3.05, 3.63) is 42.1 Å². The summed E-state index contributed by atoms with van der Waals surface area (Å²) in [7, 11) is 0. The Kier molecular flexibility index (Phi) is 3.88. The predicted molar refractivity (Wildman–Crippen MR) is 82.1 cm³/mol. The highest BCUT2D eigenvalue weighted by Crippen LogP contribution is 2.24. The van der Waals surface area contributed by atoms with Gasteiger partial charge in [-0.1, -0.05) is 24.3 Å². The number of nitrogens with zero attached hydrogens (tertiary/aromatic N) is 2. The lowest BCUT2D eigenvalue weighted by Crippen LogP contribution is -2.37. The molecule has 1 aliphatic rings. The van der Waals surface area contributed by atoms with E-state index in [2.05, 4.69) is 4.98 Å². The molecule has 2 heterocycles. The van der Waals surface area contributed by atoms with Crippen molar-refractivity contribution < 1.29 is 9.90 Å². The number of hydrogen-bond acceptors (Lipinski definition) is 3. The number of carbonyl (C=O) groups is 1. The van der Waals surface area contributed by atoms with Crippen molar-refractivity contribution in [3.8, 4) is 0 Å². The molecule has 4 heteroatoms. The zero-order valence-electron chi connectivity index (χ0n) is 12.2. The molecule has 21 heavy (non-hydrogen) atoms. The third-order valence-electron chi connectivity index (χ3n) is 4.07. The Morgan fingerprint density at radius 2 is 2.19 bits per heavy atom. The lowest BCUT2D eigenvalue weighted by molar-refractivity contribution is 0.0676. The van der Waals surface area contributed by atoms with Crippen LogP contribution < -0.4 is 0 Å². The molecule has 1 aromatic carbocycles. The van der Waals surface area contributed by atoms with Crippen molar-refractivity contribution in [1.82, 2.24) is 9.88 Å². The van der Waals surface area contributed by atoms with Gasteiger partial charge in [-0.2, -0.15) is 0 Å². The maximum absolute atomic E-state index is 12.7. The second-order valence-corrected chi connectivity index (χ2v) is 5.77. The number of aromatic nitrogens is 1. The molecule has 110 valence electrons. The normalized spacial score (nSPS) is 19.9. The SMILES string of the molecule is CC(O)CC1CCCN1C(=O)c1ccc2ccccc2n1. The molecule has 4 nitrogen and oxygen atoms in total. The molecule has 2 atom stereocenters. The minimum Gasteiger partial charge on any atom is -0.393 e. The summed E-state index contributed by atoms with van der Waals surface area (Å²) in [5, 5.41) is 10.6. The number of hydrogen-bond donors (Lipinski definition) is 1. The van der Waals surface area contributed by atoms with Crippen molar-refractivity contribution in [2.45, 2.75) is 38.3 Å². The van der Waals surface area contributed by atoms with E-state index in [1.54, 1.807) is 13.0 Å². The van der Waals surface area contributed by atoms with Gasteiger partial charge in [0.2, 0.25) is 0 Å². The molecule has 2 aromatic rings. The van der Waals surface area contributed by atoms with Gasteiger partial charge in [0, 0.05) is 18.0 Å². The summed E-state index contributed by atoms with van der Waals surface area (Å²) in [5.41, 5.74) is 1.33. The summed E-state index contributed by atoms with van der Waals surface area (Å²) in [5.74, 6) is -0.0242. The number of carbonyl (C=O) groups excluding carboxylic acids is 1. The third kappa shape index (κ3) is 2.90. The van der Waals surface area contributed by atoms with Crippen molar-refractivity contribution >= 4 is 16.8 Å². The monoisotopic (exact) mass is 284 g/mol. The Hall–Kier alpha value is -1.94. The first-order valence-corrected chi connectivity index (χ1v) is 7.50. The van der Waals surface area contributed by atoms with E-state index >= 15 is 0 Å². The van der Waals surface area contributed by atoms with Gasteiger partial charge < -0.3 is 10.0 Å². The van der Waals surface area contributed by atoms with E-state index in [1.165, 1.54) is 0 Å². The fourth-order valence-corrected chi connectivity index (χ4v) is 3.07. The number of rotatable bonds is 3. The first-order valence-electron chi connectivity index (χ1n) is 7.50. The van der Waals surface area contributed by atoms with Crippen LogP contribution >= 0.6 is 0 Å². The summed E-state index contributed by atoms with van der Waals surface area (Å²) in [6.45, 7) is 2.53. The maximum atomic E-state index is 12.7. The quantitative estimate of drug-likeness (QED) is 0.942. The van der Waals surface area contributed by atoms with Gasteiger partial charge >= 0.3 is 0 Å². The number of likely N-dealkylation sites (tertiary alicyclic amines) is 1. The van der Waals surface area contributed by atoms with Gasteiger partial charge in [-0.05, 0) is 38.3 Å².